The van der Waals surface area contributed by atoms with E-state index in [2.05, 4.69) is 15.5 Å². The minimum absolute atomic E-state index is 0.0246. The Morgan fingerprint density at radius 1 is 1.61 bits per heavy atom. The van der Waals surface area contributed by atoms with Crippen LogP contribution in [0.5, 0.6) is 0 Å². The zero-order valence-corrected chi connectivity index (χ0v) is 10.6. The highest BCUT2D eigenvalue weighted by molar-refractivity contribution is 5.67. The molecule has 0 saturated carbocycles. The molecule has 0 amide bonds. The Kier molecular flexibility index (Phi) is 3.90. The summed E-state index contributed by atoms with van der Waals surface area (Å²) in [6.07, 6.45) is 2.65. The largest absolute Gasteiger partial charge is 0.481 e. The van der Waals surface area contributed by atoms with Crippen LogP contribution in [0.15, 0.2) is 0 Å². The Morgan fingerprint density at radius 3 is 2.94 bits per heavy atom. The molecule has 1 aromatic rings. The molecule has 3 unspecified atom stereocenters. The third-order valence-electron chi connectivity index (χ3n) is 3.27. The van der Waals surface area contributed by atoms with E-state index in [1.165, 1.54) is 0 Å². The normalized spacial score (nSPS) is 25.2. The van der Waals surface area contributed by atoms with E-state index in [0.717, 1.165) is 12.8 Å². The topological polar surface area (TPSA) is 90.1 Å². The molecule has 1 N–H and O–H groups in total. The molecule has 0 aliphatic carbocycles. The second-order valence-corrected chi connectivity index (χ2v) is 4.65. The molecule has 18 heavy (non-hydrogen) atoms. The number of tetrazole rings is 1. The highest BCUT2D eigenvalue weighted by Gasteiger charge is 2.30. The van der Waals surface area contributed by atoms with Crippen LogP contribution in [0.3, 0.4) is 0 Å². The van der Waals surface area contributed by atoms with Gasteiger partial charge in [-0.3, -0.25) is 4.79 Å². The molecule has 2 heterocycles. The van der Waals surface area contributed by atoms with Gasteiger partial charge in [0.2, 0.25) is 0 Å². The van der Waals surface area contributed by atoms with Crippen molar-refractivity contribution in [3.05, 3.63) is 5.82 Å². The molecule has 0 aromatic carbocycles. The first kappa shape index (κ1) is 12.9. The van der Waals surface area contributed by atoms with Crippen molar-refractivity contribution in [2.24, 2.45) is 0 Å². The van der Waals surface area contributed by atoms with Crippen LogP contribution in [0.1, 0.15) is 57.5 Å². The third kappa shape index (κ3) is 2.66. The maximum Gasteiger partial charge on any atom is 0.305 e. The highest BCUT2D eigenvalue weighted by Crippen LogP contribution is 2.32. The number of aliphatic carboxylic acids is 1. The number of carboxylic acid groups (broad SMARTS) is 1. The van der Waals surface area contributed by atoms with Crippen molar-refractivity contribution in [1.82, 2.24) is 20.2 Å². The lowest BCUT2D eigenvalue weighted by Gasteiger charge is -2.17. The summed E-state index contributed by atoms with van der Waals surface area (Å²) in [4.78, 5) is 10.8. The molecule has 1 aromatic heterocycles. The van der Waals surface area contributed by atoms with Crippen molar-refractivity contribution in [3.8, 4) is 0 Å². The number of hydrogen-bond acceptors (Lipinski definition) is 5. The van der Waals surface area contributed by atoms with Crippen molar-refractivity contribution in [2.75, 3.05) is 0 Å². The maximum absolute atomic E-state index is 10.8. The first-order valence-corrected chi connectivity index (χ1v) is 6.26. The Hall–Kier alpha value is -1.50. The summed E-state index contributed by atoms with van der Waals surface area (Å²) in [7, 11) is 0. The average molecular weight is 254 g/mol. The van der Waals surface area contributed by atoms with Crippen LogP contribution < -0.4 is 0 Å². The van der Waals surface area contributed by atoms with Crippen LogP contribution in [0.4, 0.5) is 0 Å². The van der Waals surface area contributed by atoms with Crippen molar-refractivity contribution in [1.29, 1.82) is 0 Å². The van der Waals surface area contributed by atoms with E-state index in [9.17, 15) is 4.79 Å². The first-order chi connectivity index (χ1) is 8.61. The van der Waals surface area contributed by atoms with E-state index in [4.69, 9.17) is 9.84 Å². The Morgan fingerprint density at radius 2 is 2.39 bits per heavy atom. The first-order valence-electron chi connectivity index (χ1n) is 6.26. The van der Waals surface area contributed by atoms with Gasteiger partial charge in [0.25, 0.3) is 0 Å². The van der Waals surface area contributed by atoms with Crippen molar-refractivity contribution in [3.63, 3.8) is 0 Å². The van der Waals surface area contributed by atoms with Crippen LogP contribution in [-0.4, -0.2) is 37.4 Å². The molecule has 0 spiro atoms. The summed E-state index contributed by atoms with van der Waals surface area (Å²) in [5.74, 6) is -0.198. The highest BCUT2D eigenvalue weighted by atomic mass is 16.5. The number of nitrogens with zero attached hydrogens (tertiary/aromatic N) is 4. The molecule has 100 valence electrons. The number of carboxylic acids is 1. The zero-order valence-electron chi connectivity index (χ0n) is 10.6. The van der Waals surface area contributed by atoms with Crippen molar-refractivity contribution < 1.29 is 14.6 Å². The number of rotatable bonds is 5. The third-order valence-corrected chi connectivity index (χ3v) is 3.27. The minimum Gasteiger partial charge on any atom is -0.481 e. The second kappa shape index (κ2) is 5.43. The van der Waals surface area contributed by atoms with Gasteiger partial charge in [-0.05, 0) is 36.6 Å². The van der Waals surface area contributed by atoms with Gasteiger partial charge in [0.15, 0.2) is 5.82 Å². The standard InChI is InChI=1S/C11H18N4O3/c1-3-8(6-10(16)17)15-11(12-13-14-15)9-5-4-7(2)18-9/h7-9H,3-6H2,1-2H3,(H,16,17). The molecule has 3 atom stereocenters. The van der Waals surface area contributed by atoms with Crippen LogP contribution in [0.2, 0.25) is 0 Å². The molecule has 1 aliphatic rings. The molecule has 1 aliphatic heterocycles. The van der Waals surface area contributed by atoms with Crippen LogP contribution in [0, 0.1) is 0 Å². The lowest BCUT2D eigenvalue weighted by Crippen LogP contribution is -2.19. The lowest BCUT2D eigenvalue weighted by atomic mass is 10.1. The molecular weight excluding hydrogens is 236 g/mol. The van der Waals surface area contributed by atoms with Gasteiger partial charge in [0.1, 0.15) is 6.10 Å². The van der Waals surface area contributed by atoms with E-state index in [1.807, 2.05) is 13.8 Å². The summed E-state index contributed by atoms with van der Waals surface area (Å²) >= 11 is 0. The molecule has 0 radical (unpaired) electrons. The smallest absolute Gasteiger partial charge is 0.305 e. The zero-order chi connectivity index (χ0) is 13.1. The summed E-state index contributed by atoms with van der Waals surface area (Å²) in [5, 5.41) is 20.5. The fourth-order valence-corrected chi connectivity index (χ4v) is 2.27. The fourth-order valence-electron chi connectivity index (χ4n) is 2.27. The van der Waals surface area contributed by atoms with E-state index in [-0.39, 0.29) is 24.7 Å². The van der Waals surface area contributed by atoms with Gasteiger partial charge in [0, 0.05) is 0 Å². The maximum atomic E-state index is 10.8. The Bertz CT molecular complexity index is 420. The molecule has 7 nitrogen and oxygen atoms in total. The average Bonchev–Trinajstić information content (AvgIpc) is 2.93. The number of ether oxygens (including phenoxy) is 1. The van der Waals surface area contributed by atoms with E-state index in [0.29, 0.717) is 12.2 Å². The molecule has 1 fully saturated rings. The second-order valence-electron chi connectivity index (χ2n) is 4.65. The van der Waals surface area contributed by atoms with Gasteiger partial charge in [-0.1, -0.05) is 6.92 Å². The summed E-state index contributed by atoms with van der Waals surface area (Å²) in [6.45, 7) is 3.94. The van der Waals surface area contributed by atoms with Gasteiger partial charge in [0.05, 0.1) is 18.6 Å². The Labute approximate surface area is 105 Å². The van der Waals surface area contributed by atoms with Crippen LogP contribution >= 0.6 is 0 Å². The van der Waals surface area contributed by atoms with Gasteiger partial charge in [-0.2, -0.15) is 0 Å². The van der Waals surface area contributed by atoms with E-state index >= 15 is 0 Å². The Balaban J connectivity index is 2.18. The minimum atomic E-state index is -0.844. The fraction of sp³-hybridized carbons (Fsp3) is 0.818. The quantitative estimate of drug-likeness (QED) is 0.852. The van der Waals surface area contributed by atoms with Gasteiger partial charge < -0.3 is 9.84 Å². The SMILES string of the molecule is CCC(CC(=O)O)n1nnnc1C1CCC(C)O1. The number of aromatic nitrogens is 4. The van der Waals surface area contributed by atoms with E-state index in [1.54, 1.807) is 4.68 Å². The molecular formula is C11H18N4O3. The molecule has 7 heteroatoms. The van der Waals surface area contributed by atoms with Gasteiger partial charge >= 0.3 is 5.97 Å². The molecule has 0 bridgehead atoms. The van der Waals surface area contributed by atoms with Crippen LogP contribution in [-0.2, 0) is 9.53 Å². The summed E-state index contributed by atoms with van der Waals surface area (Å²) in [5.41, 5.74) is 0. The van der Waals surface area contributed by atoms with Crippen molar-refractivity contribution >= 4 is 5.97 Å². The monoisotopic (exact) mass is 254 g/mol. The number of hydrogen-bond donors (Lipinski definition) is 1. The van der Waals surface area contributed by atoms with Gasteiger partial charge in [-0.15, -0.1) is 5.10 Å². The van der Waals surface area contributed by atoms with Crippen molar-refractivity contribution in [2.45, 2.75) is 57.8 Å². The lowest BCUT2D eigenvalue weighted by molar-refractivity contribution is -0.138. The van der Waals surface area contributed by atoms with E-state index < -0.39 is 5.97 Å². The van der Waals surface area contributed by atoms with Gasteiger partial charge in [-0.25, -0.2) is 4.68 Å². The molecule has 1 saturated heterocycles. The predicted molar refractivity (Wildman–Crippen MR) is 61.9 cm³/mol. The number of carbonyl (C=O) groups is 1. The predicted octanol–water partition coefficient (Wildman–Crippen LogP) is 1.34. The molecule has 2 rings (SSSR count). The summed E-state index contributed by atoms with van der Waals surface area (Å²) in [6, 6.07) is -0.216. The summed E-state index contributed by atoms with van der Waals surface area (Å²) < 4.78 is 7.34. The van der Waals surface area contributed by atoms with Crippen LogP contribution in [0.25, 0.3) is 0 Å².